The molecule has 2 heteroatoms. The van der Waals surface area contributed by atoms with Gasteiger partial charge in [-0.1, -0.05) is 42.5 Å². The van der Waals surface area contributed by atoms with Gasteiger partial charge in [0.25, 0.3) is 0 Å². The lowest BCUT2D eigenvalue weighted by molar-refractivity contribution is 1.02. The lowest BCUT2D eigenvalue weighted by Gasteiger charge is -2.31. The van der Waals surface area contributed by atoms with E-state index < -0.39 is 0 Å². The number of hydrogen-bond acceptors (Lipinski definition) is 2. The second kappa shape index (κ2) is 4.22. The molecule has 2 aliphatic rings. The first kappa shape index (κ1) is 10.9. The maximum Gasteiger partial charge on any atom is 0.0677 e. The molecule has 0 amide bonds. The van der Waals surface area contributed by atoms with Crippen LogP contribution in [-0.4, -0.2) is 7.05 Å². The molecule has 1 aliphatic heterocycles. The van der Waals surface area contributed by atoms with Crippen LogP contribution in [0.1, 0.15) is 12.0 Å². The molecule has 0 unspecified atom stereocenters. The van der Waals surface area contributed by atoms with Crippen molar-refractivity contribution in [2.75, 3.05) is 11.9 Å². The van der Waals surface area contributed by atoms with Gasteiger partial charge >= 0.3 is 0 Å². The van der Waals surface area contributed by atoms with E-state index in [1.807, 2.05) is 6.07 Å². The Morgan fingerprint density at radius 3 is 2.78 bits per heavy atom. The Balaban J connectivity index is 2.15. The van der Waals surface area contributed by atoms with Crippen LogP contribution in [0.4, 0.5) is 5.69 Å². The molecule has 0 fully saturated rings. The number of allylic oxidation sites excluding steroid dienone is 5. The van der Waals surface area contributed by atoms with Gasteiger partial charge in [-0.05, 0) is 24.1 Å². The second-order valence-corrected chi connectivity index (χ2v) is 4.58. The summed E-state index contributed by atoms with van der Waals surface area (Å²) in [6.45, 7) is 0. The van der Waals surface area contributed by atoms with Gasteiger partial charge in [0.1, 0.15) is 0 Å². The summed E-state index contributed by atoms with van der Waals surface area (Å²) in [7, 11) is 2.08. The Morgan fingerprint density at radius 2 is 2.00 bits per heavy atom. The summed E-state index contributed by atoms with van der Waals surface area (Å²) in [5.74, 6) is 0. The average Bonchev–Trinajstić information content (AvgIpc) is 2.40. The molecule has 0 saturated heterocycles. The van der Waals surface area contributed by atoms with Crippen LogP contribution in [-0.2, 0) is 0 Å². The molecule has 1 aromatic carbocycles. The molecule has 3 rings (SSSR count). The Kier molecular flexibility index (Phi) is 2.56. The SMILES string of the molecule is CN1/C(=C2\C=CC=CC2)C(N)=Cc2ccccc21. The van der Waals surface area contributed by atoms with Crippen molar-refractivity contribution in [1.29, 1.82) is 0 Å². The smallest absolute Gasteiger partial charge is 0.0677 e. The van der Waals surface area contributed by atoms with E-state index in [2.05, 4.69) is 60.5 Å². The fourth-order valence-corrected chi connectivity index (χ4v) is 2.55. The zero-order chi connectivity index (χ0) is 12.5. The van der Waals surface area contributed by atoms with E-state index in [0.717, 1.165) is 17.8 Å². The van der Waals surface area contributed by atoms with Crippen LogP contribution in [0, 0.1) is 0 Å². The van der Waals surface area contributed by atoms with Gasteiger partial charge in [-0.2, -0.15) is 0 Å². The molecule has 1 heterocycles. The van der Waals surface area contributed by atoms with Crippen LogP contribution >= 0.6 is 0 Å². The van der Waals surface area contributed by atoms with Crippen LogP contribution in [0.25, 0.3) is 6.08 Å². The maximum atomic E-state index is 6.22. The fraction of sp³-hybridized carbons (Fsp3) is 0.125. The van der Waals surface area contributed by atoms with Gasteiger partial charge in [-0.3, -0.25) is 0 Å². The Bertz CT molecular complexity index is 603. The van der Waals surface area contributed by atoms with Crippen molar-refractivity contribution >= 4 is 11.8 Å². The first-order valence-electron chi connectivity index (χ1n) is 6.14. The topological polar surface area (TPSA) is 29.3 Å². The summed E-state index contributed by atoms with van der Waals surface area (Å²) in [5.41, 5.74) is 11.8. The molecule has 2 nitrogen and oxygen atoms in total. The zero-order valence-electron chi connectivity index (χ0n) is 10.4. The molecule has 0 saturated carbocycles. The predicted octanol–water partition coefficient (Wildman–Crippen LogP) is 3.21. The van der Waals surface area contributed by atoms with Gasteiger partial charge in [0.2, 0.25) is 0 Å². The number of nitrogens with zero attached hydrogens (tertiary/aromatic N) is 1. The van der Waals surface area contributed by atoms with Gasteiger partial charge in [-0.15, -0.1) is 0 Å². The van der Waals surface area contributed by atoms with Gasteiger partial charge < -0.3 is 10.6 Å². The second-order valence-electron chi connectivity index (χ2n) is 4.58. The Labute approximate surface area is 107 Å². The third-order valence-electron chi connectivity index (χ3n) is 3.40. The number of anilines is 1. The van der Waals surface area contributed by atoms with Crippen molar-refractivity contribution in [2.24, 2.45) is 5.73 Å². The monoisotopic (exact) mass is 236 g/mol. The molecule has 0 radical (unpaired) electrons. The van der Waals surface area contributed by atoms with E-state index in [9.17, 15) is 0 Å². The molecule has 0 spiro atoms. The fourth-order valence-electron chi connectivity index (χ4n) is 2.55. The van der Waals surface area contributed by atoms with Crippen molar-refractivity contribution in [3.8, 4) is 0 Å². The molecule has 90 valence electrons. The van der Waals surface area contributed by atoms with Gasteiger partial charge in [0, 0.05) is 18.3 Å². The van der Waals surface area contributed by atoms with E-state index in [1.54, 1.807) is 0 Å². The predicted molar refractivity (Wildman–Crippen MR) is 76.9 cm³/mol. The van der Waals surface area contributed by atoms with E-state index in [1.165, 1.54) is 16.8 Å². The quantitative estimate of drug-likeness (QED) is 0.749. The molecular weight excluding hydrogens is 220 g/mol. The molecule has 2 N–H and O–H groups in total. The van der Waals surface area contributed by atoms with Gasteiger partial charge in [0.15, 0.2) is 0 Å². The molecule has 1 aliphatic carbocycles. The molecular formula is C16H16N2. The van der Waals surface area contributed by atoms with Crippen LogP contribution in [0.3, 0.4) is 0 Å². The zero-order valence-corrected chi connectivity index (χ0v) is 10.4. The minimum atomic E-state index is 0.839. The number of fused-ring (bicyclic) bond motifs is 1. The normalized spacial score (nSPS) is 21.8. The van der Waals surface area contributed by atoms with E-state index >= 15 is 0 Å². The number of benzene rings is 1. The lowest BCUT2D eigenvalue weighted by Crippen LogP contribution is -2.26. The van der Waals surface area contributed by atoms with Crippen molar-refractivity contribution in [2.45, 2.75) is 6.42 Å². The molecule has 1 aromatic rings. The first-order valence-corrected chi connectivity index (χ1v) is 6.14. The van der Waals surface area contributed by atoms with Gasteiger partial charge in [0.05, 0.1) is 11.4 Å². The highest BCUT2D eigenvalue weighted by Gasteiger charge is 2.20. The number of hydrogen-bond donors (Lipinski definition) is 1. The van der Waals surface area contributed by atoms with Gasteiger partial charge in [-0.25, -0.2) is 0 Å². The number of rotatable bonds is 0. The highest BCUT2D eigenvalue weighted by atomic mass is 15.1. The summed E-state index contributed by atoms with van der Waals surface area (Å²) in [5, 5.41) is 0. The van der Waals surface area contributed by atoms with Crippen LogP contribution in [0.5, 0.6) is 0 Å². The lowest BCUT2D eigenvalue weighted by atomic mass is 9.97. The van der Waals surface area contributed by atoms with Crippen molar-refractivity contribution < 1.29 is 0 Å². The molecule has 0 atom stereocenters. The largest absolute Gasteiger partial charge is 0.397 e. The van der Waals surface area contributed by atoms with Crippen molar-refractivity contribution in [3.63, 3.8) is 0 Å². The number of likely N-dealkylation sites (N-methyl/N-ethyl adjacent to an activating group) is 1. The Morgan fingerprint density at radius 1 is 1.17 bits per heavy atom. The standard InChI is InChI=1S/C16H16N2/c1-18-15-10-6-5-9-13(15)11-14(17)16(18)12-7-3-2-4-8-12/h2-7,9-11H,8,17H2,1H3/b16-12+. The average molecular weight is 236 g/mol. The highest BCUT2D eigenvalue weighted by molar-refractivity contribution is 5.79. The van der Waals surface area contributed by atoms with E-state index in [4.69, 9.17) is 5.73 Å². The summed E-state index contributed by atoms with van der Waals surface area (Å²) >= 11 is 0. The summed E-state index contributed by atoms with van der Waals surface area (Å²) in [6, 6.07) is 8.32. The maximum absolute atomic E-state index is 6.22. The van der Waals surface area contributed by atoms with Crippen molar-refractivity contribution in [3.05, 3.63) is 71.1 Å². The van der Waals surface area contributed by atoms with E-state index in [-0.39, 0.29) is 0 Å². The number of para-hydroxylation sites is 1. The third kappa shape index (κ3) is 1.66. The van der Waals surface area contributed by atoms with Crippen LogP contribution < -0.4 is 10.6 Å². The minimum Gasteiger partial charge on any atom is -0.397 e. The van der Waals surface area contributed by atoms with Crippen LogP contribution in [0.2, 0.25) is 0 Å². The third-order valence-corrected chi connectivity index (χ3v) is 3.40. The molecule has 18 heavy (non-hydrogen) atoms. The summed E-state index contributed by atoms with van der Waals surface area (Å²) in [6.07, 6.45) is 11.4. The molecule has 0 bridgehead atoms. The highest BCUT2D eigenvalue weighted by Crippen LogP contribution is 2.34. The molecule has 0 aromatic heterocycles. The summed E-state index contributed by atoms with van der Waals surface area (Å²) < 4.78 is 0. The summed E-state index contributed by atoms with van der Waals surface area (Å²) in [4.78, 5) is 2.18. The van der Waals surface area contributed by atoms with Crippen molar-refractivity contribution in [1.82, 2.24) is 0 Å². The Hall–Kier alpha value is -2.22. The number of nitrogens with two attached hydrogens (primary N) is 1. The first-order chi connectivity index (χ1) is 8.77. The minimum absolute atomic E-state index is 0.839. The van der Waals surface area contributed by atoms with Crippen LogP contribution in [0.15, 0.2) is 65.5 Å². The van der Waals surface area contributed by atoms with E-state index in [0.29, 0.717) is 0 Å².